The van der Waals surface area contributed by atoms with Gasteiger partial charge in [0, 0.05) is 6.42 Å². The second-order valence-corrected chi connectivity index (χ2v) is 13.3. The Bertz CT molecular complexity index is 823. The van der Waals surface area contributed by atoms with Gasteiger partial charge in [-0.2, -0.15) is 0 Å². The highest BCUT2D eigenvalue weighted by Gasteiger charge is 2.17. The van der Waals surface area contributed by atoms with Gasteiger partial charge in [0.05, 0.1) is 6.54 Å². The van der Waals surface area contributed by atoms with Gasteiger partial charge in [0.15, 0.2) is 0 Å². The topological polar surface area (TPSA) is 8.81 Å². The Labute approximate surface area is 263 Å². The van der Waals surface area contributed by atoms with Crippen LogP contribution in [0, 0.1) is 0 Å². The summed E-state index contributed by atoms with van der Waals surface area (Å²) in [6.07, 6.45) is 43.0. The van der Waals surface area contributed by atoms with Gasteiger partial charge >= 0.3 is 0 Å². The molecule has 240 valence electrons. The van der Waals surface area contributed by atoms with Crippen molar-refractivity contribution < 1.29 is 4.57 Å². The van der Waals surface area contributed by atoms with Crippen LogP contribution in [0.1, 0.15) is 192 Å². The summed E-state index contributed by atoms with van der Waals surface area (Å²) in [5.74, 6) is 1.54. The number of aromatic nitrogens is 2. The first-order valence-electron chi connectivity index (χ1n) is 19.0. The van der Waals surface area contributed by atoms with Crippen LogP contribution in [0.15, 0.2) is 42.7 Å². The molecule has 0 radical (unpaired) electrons. The first-order valence-corrected chi connectivity index (χ1v) is 19.0. The van der Waals surface area contributed by atoms with Gasteiger partial charge in [-0.3, -0.25) is 0 Å². The quantitative estimate of drug-likeness (QED) is 0.0643. The molecule has 0 aliphatic rings. The van der Waals surface area contributed by atoms with Gasteiger partial charge < -0.3 is 0 Å². The Morgan fingerprint density at radius 3 is 1.33 bits per heavy atom. The highest BCUT2D eigenvalue weighted by Crippen LogP contribution is 2.16. The maximum absolute atomic E-state index is 2.58. The third-order valence-electron chi connectivity index (χ3n) is 9.29. The highest BCUT2D eigenvalue weighted by molar-refractivity contribution is 5.13. The Hall–Kier alpha value is -1.57. The van der Waals surface area contributed by atoms with Crippen LogP contribution in [-0.4, -0.2) is 4.57 Å². The van der Waals surface area contributed by atoms with Crippen molar-refractivity contribution in [1.82, 2.24) is 4.57 Å². The smallest absolute Gasteiger partial charge is 0.234 e. The fourth-order valence-electron chi connectivity index (χ4n) is 6.51. The van der Waals surface area contributed by atoms with E-state index in [2.05, 4.69) is 65.7 Å². The van der Waals surface area contributed by atoms with Gasteiger partial charge in [-0.05, 0) is 24.8 Å². The molecule has 2 nitrogen and oxygen atoms in total. The fourth-order valence-corrected chi connectivity index (χ4v) is 6.51. The SMILES string of the molecule is CCCCCCCCCCCCCCCCCCCc1n(CCCCCCCCCCC)cc[n+]1Cc1ccccc1. The van der Waals surface area contributed by atoms with E-state index in [0.29, 0.717) is 0 Å². The zero-order valence-electron chi connectivity index (χ0n) is 28.4. The molecule has 2 aromatic rings. The minimum atomic E-state index is 1.000. The van der Waals surface area contributed by atoms with Crippen molar-refractivity contribution in [1.29, 1.82) is 0 Å². The van der Waals surface area contributed by atoms with E-state index >= 15 is 0 Å². The van der Waals surface area contributed by atoms with Crippen molar-refractivity contribution in [3.63, 3.8) is 0 Å². The lowest BCUT2D eigenvalue weighted by atomic mass is 10.0. The van der Waals surface area contributed by atoms with Crippen LogP contribution in [0.5, 0.6) is 0 Å². The highest BCUT2D eigenvalue weighted by atomic mass is 15.1. The number of hydrogen-bond donors (Lipinski definition) is 0. The number of unbranched alkanes of at least 4 members (excludes halogenated alkanes) is 24. The number of aryl methyl sites for hydroxylation is 1. The summed E-state index contributed by atoms with van der Waals surface area (Å²) in [6.45, 7) is 6.80. The predicted octanol–water partition coefficient (Wildman–Crippen LogP) is 12.5. The van der Waals surface area contributed by atoms with Crippen molar-refractivity contribution in [3.05, 3.63) is 54.1 Å². The maximum atomic E-state index is 2.58. The van der Waals surface area contributed by atoms with E-state index in [1.807, 2.05) is 0 Å². The molecule has 0 saturated carbocycles. The number of nitrogens with zero attached hydrogens (tertiary/aromatic N) is 2. The molecule has 0 atom stereocenters. The van der Waals surface area contributed by atoms with Crippen LogP contribution < -0.4 is 4.57 Å². The van der Waals surface area contributed by atoms with E-state index in [1.54, 1.807) is 5.82 Å². The predicted molar refractivity (Wildman–Crippen MR) is 185 cm³/mol. The Kier molecular flexibility index (Phi) is 23.6. The van der Waals surface area contributed by atoms with Crippen molar-refractivity contribution in [2.45, 2.75) is 200 Å². The molecule has 0 fully saturated rings. The minimum Gasteiger partial charge on any atom is -0.234 e. The van der Waals surface area contributed by atoms with Crippen molar-refractivity contribution in [2.75, 3.05) is 0 Å². The number of rotatable bonds is 30. The molecule has 42 heavy (non-hydrogen) atoms. The van der Waals surface area contributed by atoms with Gasteiger partial charge in [0.1, 0.15) is 18.9 Å². The monoisotopic (exact) mass is 580 g/mol. The molecular weight excluding hydrogens is 508 g/mol. The molecule has 0 N–H and O–H groups in total. The molecule has 1 aromatic heterocycles. The normalized spacial score (nSPS) is 11.5. The van der Waals surface area contributed by atoms with E-state index in [4.69, 9.17) is 0 Å². The molecule has 0 unspecified atom stereocenters. The van der Waals surface area contributed by atoms with Crippen LogP contribution in [-0.2, 0) is 19.5 Å². The standard InChI is InChI=1S/C40H71N2/c1-3-5-7-9-11-13-14-15-16-17-18-19-20-21-23-25-30-34-40-41(35-31-26-24-22-12-10-8-6-4-2)36-37-42(40)38-39-32-28-27-29-33-39/h27-29,32-33,36-37H,3-26,30-31,34-35,38H2,1-2H3/q+1. The second kappa shape index (κ2) is 27.0. The molecule has 0 amide bonds. The van der Waals surface area contributed by atoms with Crippen molar-refractivity contribution >= 4 is 0 Å². The summed E-state index contributed by atoms with van der Waals surface area (Å²) >= 11 is 0. The van der Waals surface area contributed by atoms with Gasteiger partial charge in [0.25, 0.3) is 5.82 Å². The van der Waals surface area contributed by atoms with Gasteiger partial charge in [0.2, 0.25) is 0 Å². The molecule has 0 bridgehead atoms. The van der Waals surface area contributed by atoms with Crippen LogP contribution in [0.3, 0.4) is 0 Å². The number of benzene rings is 1. The molecule has 1 aromatic carbocycles. The van der Waals surface area contributed by atoms with Crippen LogP contribution in [0.25, 0.3) is 0 Å². The maximum Gasteiger partial charge on any atom is 0.256 e. The first kappa shape index (κ1) is 36.6. The summed E-state index contributed by atoms with van der Waals surface area (Å²) in [4.78, 5) is 0. The molecule has 1 heterocycles. The third kappa shape index (κ3) is 18.9. The zero-order chi connectivity index (χ0) is 29.8. The molecule has 0 aliphatic heterocycles. The summed E-state index contributed by atoms with van der Waals surface area (Å²) < 4.78 is 5.10. The molecule has 2 heteroatoms. The molecular formula is C40H71N2+. The van der Waals surface area contributed by atoms with E-state index in [0.717, 1.165) is 6.54 Å². The molecule has 0 aliphatic carbocycles. The lowest BCUT2D eigenvalue weighted by Gasteiger charge is -2.07. The molecule has 0 saturated heterocycles. The Morgan fingerprint density at radius 2 is 0.881 bits per heavy atom. The van der Waals surface area contributed by atoms with E-state index in [-0.39, 0.29) is 0 Å². The first-order chi connectivity index (χ1) is 20.8. The summed E-state index contributed by atoms with van der Waals surface area (Å²) in [6, 6.07) is 11.0. The van der Waals surface area contributed by atoms with Crippen LogP contribution in [0.2, 0.25) is 0 Å². The Balaban J connectivity index is 1.57. The van der Waals surface area contributed by atoms with Gasteiger partial charge in [-0.15, -0.1) is 0 Å². The minimum absolute atomic E-state index is 1.000. The fraction of sp³-hybridized carbons (Fsp3) is 0.775. The van der Waals surface area contributed by atoms with Crippen molar-refractivity contribution in [2.24, 2.45) is 0 Å². The summed E-state index contributed by atoms with van der Waals surface area (Å²) in [5, 5.41) is 0. The Morgan fingerprint density at radius 1 is 0.476 bits per heavy atom. The van der Waals surface area contributed by atoms with Crippen molar-refractivity contribution in [3.8, 4) is 0 Å². The van der Waals surface area contributed by atoms with Gasteiger partial charge in [-0.1, -0.05) is 192 Å². The molecule has 2 rings (SSSR count). The largest absolute Gasteiger partial charge is 0.256 e. The lowest BCUT2D eigenvalue weighted by molar-refractivity contribution is -0.695. The van der Waals surface area contributed by atoms with Crippen LogP contribution in [0.4, 0.5) is 0 Å². The van der Waals surface area contributed by atoms with E-state index in [1.165, 1.54) is 185 Å². The molecule has 0 spiro atoms. The number of hydrogen-bond acceptors (Lipinski definition) is 0. The lowest BCUT2D eigenvalue weighted by Crippen LogP contribution is -2.37. The van der Waals surface area contributed by atoms with Crippen LogP contribution >= 0.6 is 0 Å². The van der Waals surface area contributed by atoms with E-state index < -0.39 is 0 Å². The van der Waals surface area contributed by atoms with E-state index in [9.17, 15) is 0 Å². The average Bonchev–Trinajstić information content (AvgIpc) is 3.39. The third-order valence-corrected chi connectivity index (χ3v) is 9.29. The average molecular weight is 580 g/mol. The van der Waals surface area contributed by atoms with Gasteiger partial charge in [-0.25, -0.2) is 9.13 Å². The summed E-state index contributed by atoms with van der Waals surface area (Å²) in [5.41, 5.74) is 1.41. The number of imidazole rings is 1. The second-order valence-electron chi connectivity index (χ2n) is 13.3. The summed E-state index contributed by atoms with van der Waals surface area (Å²) in [7, 11) is 0. The zero-order valence-corrected chi connectivity index (χ0v) is 28.4.